The van der Waals surface area contributed by atoms with Crippen LogP contribution in [0.15, 0.2) is 213 Å². The van der Waals surface area contributed by atoms with Crippen LogP contribution < -0.4 is 0 Å². The summed E-state index contributed by atoms with van der Waals surface area (Å²) < 4.78 is 9.58. The van der Waals surface area contributed by atoms with E-state index in [1.165, 1.54) is 98.7 Å². The highest BCUT2D eigenvalue weighted by molar-refractivity contribution is 6.13. The van der Waals surface area contributed by atoms with Gasteiger partial charge in [0.15, 0.2) is 0 Å². The molecule has 12 rings (SSSR count). The maximum absolute atomic E-state index is 3.94. The molecule has 65 heavy (non-hydrogen) atoms. The summed E-state index contributed by atoms with van der Waals surface area (Å²) in [5.41, 5.74) is 17.8. The standard InChI is InChI=1S/C61H46N4/c1-5-6-22-54-42(4)47-17-7-12-23-55(47)64(54)45-34-36-60-52(38-45)50-20-10-13-24-56(50)62(60)41(3)29-28-40(2)43-30-32-44(33-31-43)63-59-27-16-11-21-51(59)53-39-46(35-37-61(53)63)65-57-25-14-8-18-48(57)49-19-9-15-26-58(49)65/h5-39H,1H2,2-4H3/b22-6-,40-28+,41-29+. The first-order chi connectivity index (χ1) is 32.0. The van der Waals surface area contributed by atoms with Crippen LogP contribution in [0.1, 0.15) is 30.7 Å². The van der Waals surface area contributed by atoms with E-state index in [0.29, 0.717) is 0 Å². The predicted molar refractivity (Wildman–Crippen MR) is 279 cm³/mol. The van der Waals surface area contributed by atoms with E-state index in [0.717, 1.165) is 22.8 Å². The van der Waals surface area contributed by atoms with E-state index < -0.39 is 0 Å². The van der Waals surface area contributed by atoms with Gasteiger partial charge >= 0.3 is 0 Å². The van der Waals surface area contributed by atoms with Gasteiger partial charge < -0.3 is 18.3 Å². The second kappa shape index (κ2) is 15.2. The quantitative estimate of drug-likeness (QED) is 0.136. The molecule has 0 saturated heterocycles. The average Bonchev–Trinajstić information content (AvgIpc) is 4.07. The number of fused-ring (bicyclic) bond motifs is 10. The Morgan fingerprint density at radius 3 is 1.43 bits per heavy atom. The lowest BCUT2D eigenvalue weighted by atomic mass is 10.1. The minimum atomic E-state index is 1.14. The smallest absolute Gasteiger partial charge is 0.0542 e. The molecule has 12 aromatic rings. The molecule has 0 fully saturated rings. The van der Waals surface area contributed by atoms with Crippen molar-refractivity contribution in [1.82, 2.24) is 18.3 Å². The van der Waals surface area contributed by atoms with Crippen LogP contribution in [0.5, 0.6) is 0 Å². The Hall–Kier alpha value is -8.34. The van der Waals surface area contributed by atoms with Crippen molar-refractivity contribution in [3.63, 3.8) is 0 Å². The number of hydrogen-bond acceptors (Lipinski definition) is 0. The minimum absolute atomic E-state index is 1.14. The maximum atomic E-state index is 3.94. The van der Waals surface area contributed by atoms with Gasteiger partial charge in [0.05, 0.1) is 38.6 Å². The highest BCUT2D eigenvalue weighted by Crippen LogP contribution is 2.39. The molecule has 4 aromatic heterocycles. The average molecular weight is 835 g/mol. The summed E-state index contributed by atoms with van der Waals surface area (Å²) in [6.45, 7) is 10.6. The van der Waals surface area contributed by atoms with Crippen LogP contribution in [0.3, 0.4) is 0 Å². The summed E-state index contributed by atoms with van der Waals surface area (Å²) in [5.74, 6) is 0. The van der Waals surface area contributed by atoms with Crippen LogP contribution in [-0.4, -0.2) is 18.3 Å². The molecule has 0 spiro atoms. The lowest BCUT2D eigenvalue weighted by Crippen LogP contribution is -1.98. The number of allylic oxidation sites excluding steroid dienone is 6. The van der Waals surface area contributed by atoms with Crippen molar-refractivity contribution in [2.45, 2.75) is 20.8 Å². The molecule has 4 heteroatoms. The fraction of sp³-hybridized carbons (Fsp3) is 0.0492. The molecule has 0 unspecified atom stereocenters. The highest BCUT2D eigenvalue weighted by Gasteiger charge is 2.19. The van der Waals surface area contributed by atoms with Gasteiger partial charge in [-0.1, -0.05) is 128 Å². The molecule has 0 radical (unpaired) electrons. The number of hydrogen-bond donors (Lipinski definition) is 0. The number of para-hydroxylation sites is 5. The van der Waals surface area contributed by atoms with Gasteiger partial charge in [0.2, 0.25) is 0 Å². The van der Waals surface area contributed by atoms with E-state index in [-0.39, 0.29) is 0 Å². The Labute approximate surface area is 377 Å². The van der Waals surface area contributed by atoms with Gasteiger partial charge in [0, 0.05) is 66.2 Å². The molecule has 0 aliphatic rings. The van der Waals surface area contributed by atoms with Gasteiger partial charge in [-0.2, -0.15) is 0 Å². The summed E-state index contributed by atoms with van der Waals surface area (Å²) >= 11 is 0. The van der Waals surface area contributed by atoms with E-state index in [1.54, 1.807) is 0 Å². The van der Waals surface area contributed by atoms with Crippen molar-refractivity contribution >= 4 is 93.7 Å². The van der Waals surface area contributed by atoms with Gasteiger partial charge in [-0.15, -0.1) is 0 Å². The molecule has 4 heterocycles. The Morgan fingerprint density at radius 2 is 0.831 bits per heavy atom. The lowest BCUT2D eigenvalue weighted by Gasteiger charge is -2.12. The number of nitrogens with zero attached hydrogens (tertiary/aromatic N) is 4. The maximum Gasteiger partial charge on any atom is 0.0542 e. The molecule has 4 nitrogen and oxygen atoms in total. The van der Waals surface area contributed by atoms with Crippen molar-refractivity contribution in [1.29, 1.82) is 0 Å². The largest absolute Gasteiger partial charge is 0.313 e. The van der Waals surface area contributed by atoms with Crippen LogP contribution in [0.25, 0.3) is 111 Å². The molecule has 0 aliphatic carbocycles. The van der Waals surface area contributed by atoms with Gasteiger partial charge in [0.25, 0.3) is 0 Å². The molecule has 0 N–H and O–H groups in total. The fourth-order valence-corrected chi connectivity index (χ4v) is 10.4. The second-order valence-electron chi connectivity index (χ2n) is 17.1. The zero-order chi connectivity index (χ0) is 43.8. The summed E-state index contributed by atoms with van der Waals surface area (Å²) in [7, 11) is 0. The normalized spacial score (nSPS) is 12.7. The molecular weight excluding hydrogens is 789 g/mol. The number of benzene rings is 8. The van der Waals surface area contributed by atoms with Crippen LogP contribution in [0.4, 0.5) is 0 Å². The van der Waals surface area contributed by atoms with E-state index in [2.05, 4.69) is 246 Å². The third kappa shape index (κ3) is 5.98. The number of aryl methyl sites for hydroxylation is 1. The molecule has 310 valence electrons. The SMILES string of the molecule is C=C/C=C\c1c(C)c2ccccc2n1-c1ccc2c(c1)c1ccccc1n2/C(C)=C/C=C(\C)c1ccc(-n2c3ccccc3c3cc(-n4c5ccccc5c5ccccc54)ccc32)cc1. The van der Waals surface area contributed by atoms with E-state index in [1.807, 2.05) is 12.2 Å². The summed E-state index contributed by atoms with van der Waals surface area (Å²) in [5, 5.41) is 8.73. The van der Waals surface area contributed by atoms with Crippen molar-refractivity contribution in [3.05, 3.63) is 230 Å². The predicted octanol–water partition coefficient (Wildman–Crippen LogP) is 16.4. The van der Waals surface area contributed by atoms with E-state index in [9.17, 15) is 0 Å². The monoisotopic (exact) mass is 834 g/mol. The first-order valence-corrected chi connectivity index (χ1v) is 22.4. The summed E-state index contributed by atoms with van der Waals surface area (Å²) in [4.78, 5) is 0. The van der Waals surface area contributed by atoms with Crippen molar-refractivity contribution in [3.8, 4) is 17.1 Å². The van der Waals surface area contributed by atoms with Gasteiger partial charge in [-0.3, -0.25) is 0 Å². The Morgan fingerprint density at radius 1 is 0.415 bits per heavy atom. The molecule has 8 aromatic carbocycles. The molecular formula is C61H46N4. The van der Waals surface area contributed by atoms with Crippen LogP contribution >= 0.6 is 0 Å². The van der Waals surface area contributed by atoms with E-state index >= 15 is 0 Å². The van der Waals surface area contributed by atoms with Gasteiger partial charge in [0.1, 0.15) is 0 Å². The number of aromatic nitrogens is 4. The van der Waals surface area contributed by atoms with Crippen molar-refractivity contribution in [2.75, 3.05) is 0 Å². The topological polar surface area (TPSA) is 19.7 Å². The summed E-state index contributed by atoms with van der Waals surface area (Å²) in [6.07, 6.45) is 10.5. The third-order valence-electron chi connectivity index (χ3n) is 13.5. The van der Waals surface area contributed by atoms with Crippen molar-refractivity contribution in [2.24, 2.45) is 0 Å². The Balaban J connectivity index is 0.898. The zero-order valence-electron chi connectivity index (χ0n) is 36.7. The Kier molecular flexibility index (Phi) is 8.96. The van der Waals surface area contributed by atoms with E-state index in [4.69, 9.17) is 0 Å². The molecule has 0 saturated carbocycles. The van der Waals surface area contributed by atoms with Crippen LogP contribution in [-0.2, 0) is 0 Å². The lowest BCUT2D eigenvalue weighted by molar-refractivity contribution is 1.10. The highest BCUT2D eigenvalue weighted by atomic mass is 15.0. The Bertz CT molecular complexity index is 3930. The fourth-order valence-electron chi connectivity index (χ4n) is 10.4. The van der Waals surface area contributed by atoms with Gasteiger partial charge in [-0.05, 0) is 128 Å². The molecule has 0 atom stereocenters. The number of rotatable bonds is 8. The first kappa shape index (κ1) is 38.3. The second-order valence-corrected chi connectivity index (χ2v) is 17.1. The first-order valence-electron chi connectivity index (χ1n) is 22.4. The summed E-state index contributed by atoms with van der Waals surface area (Å²) in [6, 6.07) is 66.5. The van der Waals surface area contributed by atoms with Crippen LogP contribution in [0.2, 0.25) is 0 Å². The molecule has 0 aliphatic heterocycles. The third-order valence-corrected chi connectivity index (χ3v) is 13.5. The zero-order valence-corrected chi connectivity index (χ0v) is 36.7. The molecule has 0 amide bonds. The molecule has 0 bridgehead atoms. The van der Waals surface area contributed by atoms with Gasteiger partial charge in [-0.25, -0.2) is 0 Å². The van der Waals surface area contributed by atoms with Crippen molar-refractivity contribution < 1.29 is 0 Å². The minimum Gasteiger partial charge on any atom is -0.313 e. The van der Waals surface area contributed by atoms with Crippen LogP contribution in [0, 0.1) is 6.92 Å².